The van der Waals surface area contributed by atoms with Crippen LogP contribution in [0.25, 0.3) is 11.3 Å². The molecule has 2 aromatic rings. The summed E-state index contributed by atoms with van der Waals surface area (Å²) >= 11 is 5.74. The summed E-state index contributed by atoms with van der Waals surface area (Å²) in [6.07, 6.45) is 0. The van der Waals surface area contributed by atoms with Gasteiger partial charge in [-0.3, -0.25) is 4.68 Å². The van der Waals surface area contributed by atoms with Gasteiger partial charge in [-0.25, -0.2) is 0 Å². The largest absolute Gasteiger partial charge is 0.384 e. The number of aromatic nitrogens is 2. The van der Waals surface area contributed by atoms with E-state index < -0.39 is 0 Å². The summed E-state index contributed by atoms with van der Waals surface area (Å²) in [6.45, 7) is 0. The fourth-order valence-corrected chi connectivity index (χ4v) is 2.28. The van der Waals surface area contributed by atoms with E-state index in [0.29, 0.717) is 5.82 Å². The first-order valence-corrected chi connectivity index (χ1v) is 6.20. The first-order chi connectivity index (χ1) is 7.08. The van der Waals surface area contributed by atoms with Crippen molar-refractivity contribution in [3.63, 3.8) is 0 Å². The molecule has 0 aliphatic carbocycles. The quantitative estimate of drug-likeness (QED) is 0.776. The van der Waals surface area contributed by atoms with Crippen LogP contribution in [0.15, 0.2) is 28.7 Å². The SMILES string of the molecule is Cn1nc(-c2cc(Br)ccc2I)cc1N. The lowest BCUT2D eigenvalue weighted by Gasteiger charge is -2.01. The van der Waals surface area contributed by atoms with Crippen LogP contribution in [-0.2, 0) is 7.05 Å². The van der Waals surface area contributed by atoms with Gasteiger partial charge in [-0.15, -0.1) is 0 Å². The molecule has 1 aromatic carbocycles. The van der Waals surface area contributed by atoms with Gasteiger partial charge >= 0.3 is 0 Å². The van der Waals surface area contributed by atoms with E-state index >= 15 is 0 Å². The average Bonchev–Trinajstić information content (AvgIpc) is 2.51. The highest BCUT2D eigenvalue weighted by molar-refractivity contribution is 14.1. The van der Waals surface area contributed by atoms with Crippen LogP contribution >= 0.6 is 38.5 Å². The normalized spacial score (nSPS) is 10.6. The van der Waals surface area contributed by atoms with Crippen molar-refractivity contribution in [2.75, 3.05) is 5.73 Å². The molecule has 2 N–H and O–H groups in total. The van der Waals surface area contributed by atoms with Gasteiger partial charge in [0.25, 0.3) is 0 Å². The summed E-state index contributed by atoms with van der Waals surface area (Å²) in [5.41, 5.74) is 7.75. The van der Waals surface area contributed by atoms with Gasteiger partial charge in [-0.1, -0.05) is 15.9 Å². The lowest BCUT2D eigenvalue weighted by Crippen LogP contribution is -1.96. The third-order valence-corrected chi connectivity index (χ3v) is 3.55. The molecule has 0 unspecified atom stereocenters. The van der Waals surface area contributed by atoms with E-state index in [4.69, 9.17) is 5.73 Å². The predicted octanol–water partition coefficient (Wildman–Crippen LogP) is 3.04. The van der Waals surface area contributed by atoms with E-state index in [-0.39, 0.29) is 0 Å². The first kappa shape index (κ1) is 10.9. The maximum atomic E-state index is 5.75. The van der Waals surface area contributed by atoms with Crippen LogP contribution in [0.2, 0.25) is 0 Å². The van der Waals surface area contributed by atoms with Gasteiger partial charge in [0.15, 0.2) is 0 Å². The molecule has 0 atom stereocenters. The minimum atomic E-state index is 0.667. The molecular weight excluding hydrogens is 369 g/mol. The molecule has 3 nitrogen and oxygen atoms in total. The molecule has 78 valence electrons. The minimum Gasteiger partial charge on any atom is -0.384 e. The molecule has 0 saturated heterocycles. The Morgan fingerprint density at radius 3 is 2.73 bits per heavy atom. The molecule has 0 amide bonds. The van der Waals surface area contributed by atoms with Gasteiger partial charge in [-0.2, -0.15) is 5.10 Å². The molecule has 0 aliphatic rings. The molecular formula is C10H9BrIN3. The smallest absolute Gasteiger partial charge is 0.121 e. The summed E-state index contributed by atoms with van der Waals surface area (Å²) < 4.78 is 3.88. The van der Waals surface area contributed by atoms with Crippen molar-refractivity contribution in [1.29, 1.82) is 0 Å². The molecule has 0 radical (unpaired) electrons. The van der Waals surface area contributed by atoms with Gasteiger partial charge in [0.05, 0.1) is 5.69 Å². The average molecular weight is 378 g/mol. The van der Waals surface area contributed by atoms with Crippen LogP contribution < -0.4 is 5.73 Å². The van der Waals surface area contributed by atoms with Crippen LogP contribution in [0.3, 0.4) is 0 Å². The van der Waals surface area contributed by atoms with Crippen LogP contribution in [0.4, 0.5) is 5.82 Å². The lowest BCUT2D eigenvalue weighted by molar-refractivity contribution is 0.782. The summed E-state index contributed by atoms with van der Waals surface area (Å²) in [7, 11) is 1.84. The van der Waals surface area contributed by atoms with Gasteiger partial charge in [0, 0.05) is 26.7 Å². The first-order valence-electron chi connectivity index (χ1n) is 4.33. The highest BCUT2D eigenvalue weighted by Gasteiger charge is 2.08. The Hall–Kier alpha value is -0.560. The number of nitrogens with two attached hydrogens (primary N) is 1. The molecule has 0 bridgehead atoms. The van der Waals surface area contributed by atoms with Crippen molar-refractivity contribution < 1.29 is 0 Å². The predicted molar refractivity (Wildman–Crippen MR) is 73.5 cm³/mol. The Morgan fingerprint density at radius 2 is 2.13 bits per heavy atom. The minimum absolute atomic E-state index is 0.667. The van der Waals surface area contributed by atoms with E-state index in [1.807, 2.05) is 31.3 Å². The zero-order valence-corrected chi connectivity index (χ0v) is 11.8. The summed E-state index contributed by atoms with van der Waals surface area (Å²) in [5.74, 6) is 0.667. The van der Waals surface area contributed by atoms with Gasteiger partial charge in [0.1, 0.15) is 5.82 Å². The summed E-state index contributed by atoms with van der Waals surface area (Å²) in [6, 6.07) is 7.98. The van der Waals surface area contributed by atoms with E-state index in [9.17, 15) is 0 Å². The standard InChI is InChI=1S/C10H9BrIN3/c1-15-10(13)5-9(14-15)7-4-6(11)2-3-8(7)12/h2-5H,13H2,1H3. The van der Waals surface area contributed by atoms with Crippen molar-refractivity contribution in [2.45, 2.75) is 0 Å². The summed E-state index contributed by atoms with van der Waals surface area (Å²) in [4.78, 5) is 0. The number of halogens is 2. The number of benzene rings is 1. The van der Waals surface area contributed by atoms with Gasteiger partial charge in [-0.05, 0) is 40.8 Å². The maximum Gasteiger partial charge on any atom is 0.121 e. The van der Waals surface area contributed by atoms with Crippen LogP contribution in [0.1, 0.15) is 0 Å². The number of anilines is 1. The zero-order chi connectivity index (χ0) is 11.0. The van der Waals surface area contributed by atoms with Gasteiger partial charge in [0.2, 0.25) is 0 Å². The second kappa shape index (κ2) is 4.13. The number of nitrogen functional groups attached to an aromatic ring is 1. The van der Waals surface area contributed by atoms with Crippen molar-refractivity contribution in [1.82, 2.24) is 9.78 Å². The monoisotopic (exact) mass is 377 g/mol. The maximum absolute atomic E-state index is 5.75. The Kier molecular flexibility index (Phi) is 3.01. The number of aryl methyl sites for hydroxylation is 1. The molecule has 0 aliphatic heterocycles. The second-order valence-electron chi connectivity index (χ2n) is 3.20. The molecule has 2 rings (SSSR count). The Morgan fingerprint density at radius 1 is 1.40 bits per heavy atom. The van der Waals surface area contributed by atoms with Gasteiger partial charge < -0.3 is 5.73 Å². The Balaban J connectivity index is 2.58. The topological polar surface area (TPSA) is 43.8 Å². The Labute approximate surface area is 110 Å². The van der Waals surface area contributed by atoms with E-state index in [1.165, 1.54) is 0 Å². The highest BCUT2D eigenvalue weighted by Crippen LogP contribution is 2.28. The van der Waals surface area contributed by atoms with Crippen molar-refractivity contribution in [2.24, 2.45) is 7.05 Å². The number of nitrogens with zero attached hydrogens (tertiary/aromatic N) is 2. The molecule has 0 fully saturated rings. The lowest BCUT2D eigenvalue weighted by atomic mass is 10.1. The van der Waals surface area contributed by atoms with Crippen LogP contribution in [0, 0.1) is 3.57 Å². The number of hydrogen-bond acceptors (Lipinski definition) is 2. The second-order valence-corrected chi connectivity index (χ2v) is 5.28. The van der Waals surface area contributed by atoms with Crippen LogP contribution in [-0.4, -0.2) is 9.78 Å². The van der Waals surface area contributed by atoms with E-state index in [1.54, 1.807) is 4.68 Å². The number of rotatable bonds is 1. The third kappa shape index (κ3) is 2.17. The molecule has 1 heterocycles. The molecule has 15 heavy (non-hydrogen) atoms. The molecule has 0 saturated carbocycles. The zero-order valence-electron chi connectivity index (χ0n) is 8.04. The van der Waals surface area contributed by atoms with Crippen molar-refractivity contribution in [3.8, 4) is 11.3 Å². The van der Waals surface area contributed by atoms with Crippen molar-refractivity contribution >= 4 is 44.3 Å². The fourth-order valence-electron chi connectivity index (χ4n) is 1.31. The van der Waals surface area contributed by atoms with E-state index in [2.05, 4.69) is 43.6 Å². The molecule has 0 spiro atoms. The fraction of sp³-hybridized carbons (Fsp3) is 0.100. The third-order valence-electron chi connectivity index (χ3n) is 2.12. The molecule has 1 aromatic heterocycles. The van der Waals surface area contributed by atoms with Crippen molar-refractivity contribution in [3.05, 3.63) is 32.3 Å². The Bertz CT molecular complexity index is 488. The van der Waals surface area contributed by atoms with E-state index in [0.717, 1.165) is 19.3 Å². The summed E-state index contributed by atoms with van der Waals surface area (Å²) in [5, 5.41) is 4.35. The highest BCUT2D eigenvalue weighted by atomic mass is 127. The number of hydrogen-bond donors (Lipinski definition) is 1. The molecule has 5 heteroatoms. The van der Waals surface area contributed by atoms with Crippen LogP contribution in [0.5, 0.6) is 0 Å².